The zero-order chi connectivity index (χ0) is 17.8. The lowest BCUT2D eigenvalue weighted by atomic mass is 10.2. The lowest BCUT2D eigenvalue weighted by Gasteiger charge is -2.18. The van der Waals surface area contributed by atoms with E-state index < -0.39 is 5.82 Å². The number of nitrogens with zero attached hydrogens (tertiary/aromatic N) is 3. The van der Waals surface area contributed by atoms with Crippen LogP contribution in [0.2, 0.25) is 5.02 Å². The van der Waals surface area contributed by atoms with Gasteiger partial charge in [-0.2, -0.15) is 4.98 Å². The normalized spacial score (nSPS) is 10.7. The summed E-state index contributed by atoms with van der Waals surface area (Å²) in [5, 5.41) is 4.54. The summed E-state index contributed by atoms with van der Waals surface area (Å²) in [5.74, 6) is -0.0320. The Bertz CT molecular complexity index is 880. The number of aromatic nitrogens is 2. The number of benzene rings is 2. The van der Waals surface area contributed by atoms with Crippen molar-refractivity contribution in [3.63, 3.8) is 0 Å². The summed E-state index contributed by atoms with van der Waals surface area (Å²) in [6.45, 7) is 2.40. The van der Waals surface area contributed by atoms with Gasteiger partial charge in [-0.05, 0) is 49.4 Å². The summed E-state index contributed by atoms with van der Waals surface area (Å²) in [7, 11) is 0. The van der Waals surface area contributed by atoms with Crippen LogP contribution in [0.5, 0.6) is 0 Å². The number of halogens is 2. The molecule has 0 unspecified atom stereocenters. The van der Waals surface area contributed by atoms with Gasteiger partial charge in [0, 0.05) is 22.7 Å². The zero-order valence-corrected chi connectivity index (χ0v) is 14.2. The van der Waals surface area contributed by atoms with E-state index in [-0.39, 0.29) is 18.0 Å². The molecule has 2 aromatic carbocycles. The largest absolute Gasteiger partial charge is 0.337 e. The van der Waals surface area contributed by atoms with Crippen molar-refractivity contribution in [3.05, 3.63) is 70.8 Å². The number of hydrogen-bond donors (Lipinski definition) is 0. The molecule has 7 heteroatoms. The Balaban J connectivity index is 1.76. The van der Waals surface area contributed by atoms with Gasteiger partial charge in [-0.1, -0.05) is 22.8 Å². The van der Waals surface area contributed by atoms with E-state index in [0.29, 0.717) is 23.3 Å². The highest BCUT2D eigenvalue weighted by Crippen LogP contribution is 2.19. The van der Waals surface area contributed by atoms with E-state index in [9.17, 15) is 9.18 Å². The standard InChI is InChI=1S/C18H15ClFN3O2/c1-2-23(18(24)13-4-3-5-15(20)10-13)11-16-21-17(22-25-16)12-6-8-14(19)9-7-12/h3-10H,2,11H2,1H3. The smallest absolute Gasteiger partial charge is 0.254 e. The van der Waals surface area contributed by atoms with Crippen LogP contribution in [-0.2, 0) is 6.54 Å². The quantitative estimate of drug-likeness (QED) is 0.685. The third-order valence-corrected chi connectivity index (χ3v) is 3.89. The molecule has 0 saturated carbocycles. The molecular weight excluding hydrogens is 345 g/mol. The van der Waals surface area contributed by atoms with Gasteiger partial charge in [0.15, 0.2) is 0 Å². The molecule has 5 nitrogen and oxygen atoms in total. The number of hydrogen-bond acceptors (Lipinski definition) is 4. The van der Waals surface area contributed by atoms with Gasteiger partial charge in [-0.3, -0.25) is 4.79 Å². The van der Waals surface area contributed by atoms with Gasteiger partial charge >= 0.3 is 0 Å². The molecule has 1 amide bonds. The number of carbonyl (C=O) groups excluding carboxylic acids is 1. The molecule has 25 heavy (non-hydrogen) atoms. The van der Waals surface area contributed by atoms with Crippen LogP contribution in [-0.4, -0.2) is 27.5 Å². The first-order valence-corrected chi connectivity index (χ1v) is 8.08. The second-order valence-electron chi connectivity index (χ2n) is 5.35. The Hall–Kier alpha value is -2.73. The van der Waals surface area contributed by atoms with Gasteiger partial charge in [0.1, 0.15) is 12.4 Å². The fraction of sp³-hybridized carbons (Fsp3) is 0.167. The van der Waals surface area contributed by atoms with Gasteiger partial charge in [-0.25, -0.2) is 4.39 Å². The first-order chi connectivity index (χ1) is 12.1. The van der Waals surface area contributed by atoms with Crippen LogP contribution in [0.3, 0.4) is 0 Å². The van der Waals surface area contributed by atoms with Gasteiger partial charge in [0.2, 0.25) is 11.7 Å². The lowest BCUT2D eigenvalue weighted by Crippen LogP contribution is -2.30. The van der Waals surface area contributed by atoms with E-state index >= 15 is 0 Å². The van der Waals surface area contributed by atoms with Crippen LogP contribution in [0, 0.1) is 5.82 Å². The van der Waals surface area contributed by atoms with Gasteiger partial charge < -0.3 is 9.42 Å². The second-order valence-corrected chi connectivity index (χ2v) is 5.78. The van der Waals surface area contributed by atoms with Crippen LogP contribution < -0.4 is 0 Å². The molecule has 0 aliphatic rings. The van der Waals surface area contributed by atoms with E-state index in [0.717, 1.165) is 5.56 Å². The van der Waals surface area contributed by atoms with E-state index in [2.05, 4.69) is 10.1 Å². The van der Waals surface area contributed by atoms with Gasteiger partial charge in [-0.15, -0.1) is 0 Å². The Morgan fingerprint density at radius 1 is 1.24 bits per heavy atom. The third kappa shape index (κ3) is 4.03. The zero-order valence-electron chi connectivity index (χ0n) is 13.4. The highest BCUT2D eigenvalue weighted by Gasteiger charge is 2.18. The number of amides is 1. The highest BCUT2D eigenvalue weighted by molar-refractivity contribution is 6.30. The maximum absolute atomic E-state index is 13.3. The first-order valence-electron chi connectivity index (χ1n) is 7.70. The van der Waals surface area contributed by atoms with Crippen LogP contribution in [0.15, 0.2) is 53.1 Å². The molecule has 3 rings (SSSR count). The highest BCUT2D eigenvalue weighted by atomic mass is 35.5. The minimum absolute atomic E-state index is 0.145. The molecule has 0 radical (unpaired) electrons. The summed E-state index contributed by atoms with van der Waals surface area (Å²) >= 11 is 5.86. The fourth-order valence-electron chi connectivity index (χ4n) is 2.33. The van der Waals surface area contributed by atoms with Crippen molar-refractivity contribution in [2.75, 3.05) is 6.54 Å². The van der Waals surface area contributed by atoms with Crippen molar-refractivity contribution < 1.29 is 13.7 Å². The maximum Gasteiger partial charge on any atom is 0.254 e. The fourth-order valence-corrected chi connectivity index (χ4v) is 2.46. The second kappa shape index (κ2) is 7.44. The van der Waals surface area contributed by atoms with E-state index in [1.165, 1.54) is 23.1 Å². The van der Waals surface area contributed by atoms with E-state index in [4.69, 9.17) is 16.1 Å². The van der Waals surface area contributed by atoms with Crippen molar-refractivity contribution in [1.29, 1.82) is 0 Å². The summed E-state index contributed by atoms with van der Waals surface area (Å²) in [6.07, 6.45) is 0. The average molecular weight is 360 g/mol. The predicted molar refractivity (Wildman–Crippen MR) is 91.6 cm³/mol. The van der Waals surface area contributed by atoms with E-state index in [1.807, 2.05) is 6.92 Å². The number of carbonyl (C=O) groups is 1. The molecule has 0 bridgehead atoms. The van der Waals surface area contributed by atoms with Crippen molar-refractivity contribution in [2.24, 2.45) is 0 Å². The third-order valence-electron chi connectivity index (χ3n) is 3.64. The van der Waals surface area contributed by atoms with Crippen molar-refractivity contribution in [3.8, 4) is 11.4 Å². The first kappa shape index (κ1) is 17.1. The van der Waals surface area contributed by atoms with Crippen LogP contribution in [0.1, 0.15) is 23.2 Å². The average Bonchev–Trinajstić information content (AvgIpc) is 3.08. The minimum atomic E-state index is -0.454. The van der Waals surface area contributed by atoms with Gasteiger partial charge in [0.25, 0.3) is 5.91 Å². The van der Waals surface area contributed by atoms with Crippen molar-refractivity contribution in [1.82, 2.24) is 15.0 Å². The lowest BCUT2D eigenvalue weighted by molar-refractivity contribution is 0.0734. The van der Waals surface area contributed by atoms with E-state index in [1.54, 1.807) is 30.3 Å². The Morgan fingerprint density at radius 3 is 2.68 bits per heavy atom. The molecule has 0 saturated heterocycles. The van der Waals surface area contributed by atoms with Crippen LogP contribution in [0.25, 0.3) is 11.4 Å². The molecule has 0 spiro atoms. The summed E-state index contributed by atoms with van der Waals surface area (Å²) in [5.41, 5.74) is 1.04. The molecule has 1 heterocycles. The SMILES string of the molecule is CCN(Cc1nc(-c2ccc(Cl)cc2)no1)C(=O)c1cccc(F)c1. The molecular formula is C18H15ClFN3O2. The van der Waals surface area contributed by atoms with Crippen LogP contribution >= 0.6 is 11.6 Å². The predicted octanol–water partition coefficient (Wildman–Crippen LogP) is 4.19. The van der Waals surface area contributed by atoms with Crippen molar-refractivity contribution >= 4 is 17.5 Å². The monoisotopic (exact) mass is 359 g/mol. The molecule has 0 atom stereocenters. The molecule has 128 valence electrons. The summed E-state index contributed by atoms with van der Waals surface area (Å²) in [4.78, 5) is 18.3. The molecule has 3 aromatic rings. The topological polar surface area (TPSA) is 59.2 Å². The molecule has 0 aliphatic heterocycles. The molecule has 0 N–H and O–H groups in total. The Kier molecular flexibility index (Phi) is 5.09. The summed E-state index contributed by atoms with van der Waals surface area (Å²) in [6, 6.07) is 12.6. The Morgan fingerprint density at radius 2 is 2.00 bits per heavy atom. The van der Waals surface area contributed by atoms with Crippen molar-refractivity contribution in [2.45, 2.75) is 13.5 Å². The Labute approximate surface area is 149 Å². The summed E-state index contributed by atoms with van der Waals surface area (Å²) < 4.78 is 18.5. The minimum Gasteiger partial charge on any atom is -0.337 e. The molecule has 0 aliphatic carbocycles. The molecule has 0 fully saturated rings. The number of rotatable bonds is 5. The van der Waals surface area contributed by atoms with Gasteiger partial charge in [0.05, 0.1) is 0 Å². The maximum atomic E-state index is 13.3. The molecule has 1 aromatic heterocycles. The van der Waals surface area contributed by atoms with Crippen LogP contribution in [0.4, 0.5) is 4.39 Å².